The number of aromatic nitrogens is 1. The Morgan fingerprint density at radius 1 is 1.44 bits per heavy atom. The van der Waals surface area contributed by atoms with E-state index in [1.165, 1.54) is 6.07 Å². The molecule has 0 unspecified atom stereocenters. The van der Waals surface area contributed by atoms with E-state index in [0.29, 0.717) is 11.1 Å². The van der Waals surface area contributed by atoms with Gasteiger partial charge in [0.15, 0.2) is 0 Å². The molecule has 0 aliphatic heterocycles. The molecule has 2 aromatic rings. The molecule has 0 bridgehead atoms. The molecule has 0 aliphatic rings. The molecule has 3 N–H and O–H groups in total. The molecule has 0 fully saturated rings. The number of hydrogen-bond acceptors (Lipinski definition) is 4. The molecule has 1 heterocycles. The van der Waals surface area contributed by atoms with Gasteiger partial charge in [-0.3, -0.25) is 0 Å². The van der Waals surface area contributed by atoms with Crippen LogP contribution in [0.5, 0.6) is 5.88 Å². The van der Waals surface area contributed by atoms with Gasteiger partial charge in [-0.25, -0.2) is 4.98 Å². The van der Waals surface area contributed by atoms with E-state index >= 15 is 0 Å². The van der Waals surface area contributed by atoms with Crippen LogP contribution >= 0.6 is 12.2 Å². The van der Waals surface area contributed by atoms with E-state index in [9.17, 15) is 5.11 Å². The molecule has 0 saturated heterocycles. The number of benzene rings is 1. The molecular formula is C13H9N3OS. The van der Waals surface area contributed by atoms with E-state index in [-0.39, 0.29) is 16.4 Å². The first-order chi connectivity index (χ1) is 8.61. The lowest BCUT2D eigenvalue weighted by Gasteiger charge is -2.03. The average molecular weight is 255 g/mol. The zero-order chi connectivity index (χ0) is 13.1. The maximum Gasteiger partial charge on any atom is 0.211 e. The molecule has 1 aromatic heterocycles. The van der Waals surface area contributed by atoms with Gasteiger partial charge >= 0.3 is 0 Å². The van der Waals surface area contributed by atoms with Crippen molar-refractivity contribution in [2.24, 2.45) is 5.73 Å². The van der Waals surface area contributed by atoms with Crippen LogP contribution in [0.1, 0.15) is 5.56 Å². The van der Waals surface area contributed by atoms with Gasteiger partial charge < -0.3 is 10.8 Å². The van der Waals surface area contributed by atoms with Crippen molar-refractivity contribution in [3.8, 4) is 11.9 Å². The van der Waals surface area contributed by atoms with Crippen LogP contribution in [0, 0.1) is 11.3 Å². The molecule has 2 rings (SSSR count). The lowest BCUT2D eigenvalue weighted by Crippen LogP contribution is -2.09. The zero-order valence-electron chi connectivity index (χ0n) is 9.29. The number of pyridine rings is 1. The summed E-state index contributed by atoms with van der Waals surface area (Å²) in [5.74, 6) is -0.111. The van der Waals surface area contributed by atoms with Gasteiger partial charge in [0, 0.05) is 11.5 Å². The second-order valence-corrected chi connectivity index (χ2v) is 4.06. The Balaban J connectivity index is 2.72. The minimum Gasteiger partial charge on any atom is -0.493 e. The Bertz CT molecular complexity index is 701. The predicted octanol–water partition coefficient (Wildman–Crippen LogP) is 2.13. The van der Waals surface area contributed by atoms with Gasteiger partial charge in [0.1, 0.15) is 11.1 Å². The topological polar surface area (TPSA) is 82.9 Å². The number of aromatic hydroxyl groups is 1. The summed E-state index contributed by atoms with van der Waals surface area (Å²) in [6.45, 7) is 0. The largest absolute Gasteiger partial charge is 0.493 e. The summed E-state index contributed by atoms with van der Waals surface area (Å²) < 4.78 is 0. The van der Waals surface area contributed by atoms with E-state index in [2.05, 4.69) is 4.98 Å². The van der Waals surface area contributed by atoms with Crippen molar-refractivity contribution in [1.82, 2.24) is 4.98 Å². The predicted molar refractivity (Wildman–Crippen MR) is 73.8 cm³/mol. The van der Waals surface area contributed by atoms with Crippen molar-refractivity contribution in [3.05, 3.63) is 41.5 Å². The Morgan fingerprint density at radius 2 is 2.17 bits per heavy atom. The van der Waals surface area contributed by atoms with Gasteiger partial charge in [0.05, 0.1) is 11.1 Å². The van der Waals surface area contributed by atoms with Crippen molar-refractivity contribution in [3.63, 3.8) is 0 Å². The number of thiocarbonyl (C=S) groups is 1. The monoisotopic (exact) mass is 255 g/mol. The van der Waals surface area contributed by atoms with Gasteiger partial charge in [-0.1, -0.05) is 30.4 Å². The average Bonchev–Trinajstić information content (AvgIpc) is 2.35. The summed E-state index contributed by atoms with van der Waals surface area (Å²) in [7, 11) is 0. The fourth-order valence-corrected chi connectivity index (χ4v) is 1.73. The van der Waals surface area contributed by atoms with Crippen LogP contribution < -0.4 is 5.73 Å². The van der Waals surface area contributed by atoms with Crippen molar-refractivity contribution in [2.45, 2.75) is 0 Å². The maximum atomic E-state index is 9.55. The van der Waals surface area contributed by atoms with Gasteiger partial charge in [-0.05, 0) is 17.7 Å². The highest BCUT2D eigenvalue weighted by atomic mass is 32.1. The van der Waals surface area contributed by atoms with E-state index in [4.69, 9.17) is 23.2 Å². The van der Waals surface area contributed by atoms with Gasteiger partial charge in [0.2, 0.25) is 5.88 Å². The third-order valence-electron chi connectivity index (χ3n) is 2.42. The smallest absolute Gasteiger partial charge is 0.211 e. The first-order valence-electron chi connectivity index (χ1n) is 5.12. The highest BCUT2D eigenvalue weighted by Gasteiger charge is 2.05. The Morgan fingerprint density at radius 3 is 2.83 bits per heavy atom. The fourth-order valence-electron chi connectivity index (χ4n) is 1.62. The normalized spacial score (nSPS) is 11.2. The standard InChI is InChI=1S/C13H9N3OS/c14-7-9(13(15)18)5-8-6-12(17)16-11-4-2-1-3-10(8)11/h1-6H,(H2,15,18)(H,16,17). The van der Waals surface area contributed by atoms with Crippen LogP contribution in [0.3, 0.4) is 0 Å². The van der Waals surface area contributed by atoms with Crippen molar-refractivity contribution < 1.29 is 5.11 Å². The minimum absolute atomic E-state index is 0.0258. The van der Waals surface area contributed by atoms with Crippen molar-refractivity contribution >= 4 is 34.2 Å². The Hall–Kier alpha value is -2.45. The molecular weight excluding hydrogens is 246 g/mol. The fraction of sp³-hybridized carbons (Fsp3) is 0. The van der Waals surface area contributed by atoms with Crippen LogP contribution in [0.4, 0.5) is 0 Å². The third kappa shape index (κ3) is 2.29. The minimum atomic E-state index is -0.111. The van der Waals surface area contributed by atoms with Crippen LogP contribution in [-0.2, 0) is 0 Å². The van der Waals surface area contributed by atoms with Crippen LogP contribution in [0.15, 0.2) is 35.9 Å². The summed E-state index contributed by atoms with van der Waals surface area (Å²) >= 11 is 4.78. The van der Waals surface area contributed by atoms with E-state index in [1.54, 1.807) is 12.1 Å². The Kier molecular flexibility index (Phi) is 3.22. The first-order valence-corrected chi connectivity index (χ1v) is 5.53. The zero-order valence-corrected chi connectivity index (χ0v) is 10.1. The molecule has 0 radical (unpaired) electrons. The lowest BCUT2D eigenvalue weighted by atomic mass is 10.1. The number of nitriles is 1. The number of para-hydroxylation sites is 1. The summed E-state index contributed by atoms with van der Waals surface area (Å²) in [5.41, 5.74) is 6.93. The second kappa shape index (κ2) is 4.82. The summed E-state index contributed by atoms with van der Waals surface area (Å²) in [4.78, 5) is 4.02. The maximum absolute atomic E-state index is 9.55. The third-order valence-corrected chi connectivity index (χ3v) is 2.64. The number of rotatable bonds is 2. The lowest BCUT2D eigenvalue weighted by molar-refractivity contribution is 0.455. The van der Waals surface area contributed by atoms with E-state index < -0.39 is 0 Å². The van der Waals surface area contributed by atoms with Crippen LogP contribution in [-0.4, -0.2) is 15.1 Å². The number of nitrogens with zero attached hydrogens (tertiary/aromatic N) is 2. The molecule has 0 spiro atoms. The number of hydrogen-bond donors (Lipinski definition) is 2. The van der Waals surface area contributed by atoms with E-state index in [0.717, 1.165) is 5.39 Å². The molecule has 0 amide bonds. The molecule has 4 nitrogen and oxygen atoms in total. The SMILES string of the molecule is N#CC(=Cc1cc(O)nc2ccccc12)C(N)=S. The Labute approximate surface area is 109 Å². The van der Waals surface area contributed by atoms with Gasteiger partial charge in [0.25, 0.3) is 0 Å². The number of fused-ring (bicyclic) bond motifs is 1. The van der Waals surface area contributed by atoms with E-state index in [1.807, 2.05) is 24.3 Å². The molecule has 0 aliphatic carbocycles. The molecule has 88 valence electrons. The summed E-state index contributed by atoms with van der Waals surface area (Å²) in [6.07, 6.45) is 1.55. The molecule has 5 heteroatoms. The quantitative estimate of drug-likeness (QED) is 0.488. The second-order valence-electron chi connectivity index (χ2n) is 3.62. The molecule has 0 atom stereocenters. The van der Waals surface area contributed by atoms with Crippen molar-refractivity contribution in [2.75, 3.05) is 0 Å². The van der Waals surface area contributed by atoms with Gasteiger partial charge in [-0.2, -0.15) is 5.26 Å². The first kappa shape index (κ1) is 12.0. The number of nitrogens with two attached hydrogens (primary N) is 1. The van der Waals surface area contributed by atoms with Crippen molar-refractivity contribution in [1.29, 1.82) is 5.26 Å². The highest BCUT2D eigenvalue weighted by Crippen LogP contribution is 2.23. The van der Waals surface area contributed by atoms with Gasteiger partial charge in [-0.15, -0.1) is 0 Å². The highest BCUT2D eigenvalue weighted by molar-refractivity contribution is 7.80. The molecule has 18 heavy (non-hydrogen) atoms. The molecule has 0 saturated carbocycles. The molecule has 1 aromatic carbocycles. The summed E-state index contributed by atoms with van der Waals surface area (Å²) in [6, 6.07) is 10.7. The van der Waals surface area contributed by atoms with Crippen LogP contribution in [0.25, 0.3) is 17.0 Å². The summed E-state index contributed by atoms with van der Waals surface area (Å²) in [5, 5.41) is 19.3. The van der Waals surface area contributed by atoms with Crippen LogP contribution in [0.2, 0.25) is 0 Å².